The van der Waals surface area contributed by atoms with Gasteiger partial charge in [-0.1, -0.05) is 29.5 Å². The summed E-state index contributed by atoms with van der Waals surface area (Å²) in [4.78, 5) is 16.0. The fourth-order valence-electron chi connectivity index (χ4n) is 3.13. The van der Waals surface area contributed by atoms with Crippen molar-refractivity contribution in [2.24, 2.45) is 0 Å². The number of rotatable bonds is 2. The van der Waals surface area contributed by atoms with Gasteiger partial charge in [0.05, 0.1) is 0 Å². The number of hydrogen-bond donors (Lipinski definition) is 1. The standard InChI is InChI=1S/C23H16F2N2O2/c1-14-2-4-15(5-3-14)6-7-16-10-17(13-26-12-16)21-22(29-23(28)27-21)19-11-18(24)8-9-20(19)25/h2-5,8-13,21-22H,1H3,(H,27,28)/t21-,22-/m1/s1. The number of carbonyl (C=O) groups is 1. The number of benzene rings is 2. The van der Waals surface area contributed by atoms with E-state index >= 15 is 0 Å². The molecule has 2 heterocycles. The highest BCUT2D eigenvalue weighted by Gasteiger charge is 2.38. The lowest BCUT2D eigenvalue weighted by atomic mass is 9.96. The highest BCUT2D eigenvalue weighted by molar-refractivity contribution is 5.71. The van der Waals surface area contributed by atoms with Crippen LogP contribution >= 0.6 is 0 Å². The minimum Gasteiger partial charge on any atom is -0.439 e. The van der Waals surface area contributed by atoms with Gasteiger partial charge >= 0.3 is 6.09 Å². The van der Waals surface area contributed by atoms with Crippen LogP contribution in [0.25, 0.3) is 0 Å². The molecule has 1 aliphatic rings. The van der Waals surface area contributed by atoms with Gasteiger partial charge in [0.25, 0.3) is 0 Å². The van der Waals surface area contributed by atoms with E-state index in [9.17, 15) is 13.6 Å². The van der Waals surface area contributed by atoms with Gasteiger partial charge in [0.15, 0.2) is 6.10 Å². The molecule has 3 aromatic rings. The number of nitrogens with one attached hydrogen (secondary N) is 1. The molecule has 0 bridgehead atoms. The van der Waals surface area contributed by atoms with E-state index in [4.69, 9.17) is 4.74 Å². The van der Waals surface area contributed by atoms with E-state index in [-0.39, 0.29) is 5.56 Å². The van der Waals surface area contributed by atoms with E-state index in [1.165, 1.54) is 0 Å². The van der Waals surface area contributed by atoms with Crippen molar-refractivity contribution in [2.75, 3.05) is 0 Å². The molecule has 144 valence electrons. The summed E-state index contributed by atoms with van der Waals surface area (Å²) in [6.45, 7) is 2.00. The molecule has 6 heteroatoms. The maximum absolute atomic E-state index is 14.2. The second-order valence-corrected chi connectivity index (χ2v) is 6.74. The summed E-state index contributed by atoms with van der Waals surface area (Å²) in [5, 5.41) is 2.63. The number of carbonyl (C=O) groups excluding carboxylic acids is 1. The van der Waals surface area contributed by atoms with Crippen molar-refractivity contribution in [2.45, 2.75) is 19.1 Å². The zero-order valence-corrected chi connectivity index (χ0v) is 15.4. The van der Waals surface area contributed by atoms with Gasteiger partial charge in [-0.05, 0) is 48.9 Å². The Kier molecular flexibility index (Phi) is 4.96. The minimum absolute atomic E-state index is 0.0375. The summed E-state index contributed by atoms with van der Waals surface area (Å²) in [6.07, 6.45) is 1.42. The lowest BCUT2D eigenvalue weighted by Crippen LogP contribution is -2.20. The van der Waals surface area contributed by atoms with Crippen molar-refractivity contribution >= 4 is 6.09 Å². The monoisotopic (exact) mass is 390 g/mol. The second kappa shape index (κ2) is 7.72. The van der Waals surface area contributed by atoms with Crippen molar-refractivity contribution < 1.29 is 18.3 Å². The topological polar surface area (TPSA) is 51.2 Å². The van der Waals surface area contributed by atoms with Crippen LogP contribution in [0, 0.1) is 30.4 Å². The molecule has 0 unspecified atom stereocenters. The van der Waals surface area contributed by atoms with Crippen molar-refractivity contribution in [3.63, 3.8) is 0 Å². The van der Waals surface area contributed by atoms with Gasteiger partial charge in [-0.25, -0.2) is 13.6 Å². The molecule has 0 radical (unpaired) electrons. The van der Waals surface area contributed by atoms with Crippen LogP contribution in [0.4, 0.5) is 13.6 Å². The molecule has 4 nitrogen and oxygen atoms in total. The van der Waals surface area contributed by atoms with Gasteiger partial charge in [0, 0.05) is 29.1 Å². The summed E-state index contributed by atoms with van der Waals surface area (Å²) in [7, 11) is 0. The number of cyclic esters (lactones) is 1. The molecule has 0 saturated carbocycles. The zero-order chi connectivity index (χ0) is 20.4. The van der Waals surface area contributed by atoms with Crippen LogP contribution in [-0.2, 0) is 4.74 Å². The van der Waals surface area contributed by atoms with Crippen LogP contribution < -0.4 is 5.32 Å². The predicted octanol–water partition coefficient (Wildman–Crippen LogP) is 4.59. The Morgan fingerprint density at radius 3 is 2.55 bits per heavy atom. The lowest BCUT2D eigenvalue weighted by molar-refractivity contribution is 0.130. The van der Waals surface area contributed by atoms with Crippen LogP contribution in [0.3, 0.4) is 0 Å². The number of pyridine rings is 1. The summed E-state index contributed by atoms with van der Waals surface area (Å²) < 4.78 is 33.1. The molecular formula is C23H16F2N2O2. The van der Waals surface area contributed by atoms with Gasteiger partial charge in [-0.15, -0.1) is 0 Å². The van der Waals surface area contributed by atoms with E-state index in [2.05, 4.69) is 22.1 Å². The average Bonchev–Trinajstić information content (AvgIpc) is 3.11. The van der Waals surface area contributed by atoms with Crippen LogP contribution in [0.1, 0.15) is 40.0 Å². The van der Waals surface area contributed by atoms with Crippen LogP contribution in [0.2, 0.25) is 0 Å². The molecule has 1 saturated heterocycles. The largest absolute Gasteiger partial charge is 0.439 e. The number of hydrogen-bond acceptors (Lipinski definition) is 3. The van der Waals surface area contributed by atoms with E-state index < -0.39 is 29.9 Å². The van der Waals surface area contributed by atoms with Gasteiger partial charge in [0.2, 0.25) is 0 Å². The summed E-state index contributed by atoms with van der Waals surface area (Å²) in [6, 6.07) is 11.9. The van der Waals surface area contributed by atoms with Crippen LogP contribution in [-0.4, -0.2) is 11.1 Å². The maximum Gasteiger partial charge on any atom is 0.408 e. The molecule has 0 aliphatic carbocycles. The lowest BCUT2D eigenvalue weighted by Gasteiger charge is -2.18. The average molecular weight is 390 g/mol. The Bertz CT molecular complexity index is 1130. The number of aryl methyl sites for hydroxylation is 1. The van der Waals surface area contributed by atoms with E-state index in [0.717, 1.165) is 29.3 Å². The Morgan fingerprint density at radius 1 is 1.00 bits per heavy atom. The van der Waals surface area contributed by atoms with Crippen molar-refractivity contribution in [3.05, 3.63) is 100 Å². The van der Waals surface area contributed by atoms with Crippen molar-refractivity contribution in [1.29, 1.82) is 0 Å². The molecule has 1 fully saturated rings. The van der Waals surface area contributed by atoms with E-state index in [0.29, 0.717) is 11.1 Å². The second-order valence-electron chi connectivity index (χ2n) is 6.74. The van der Waals surface area contributed by atoms with Crippen molar-refractivity contribution in [1.82, 2.24) is 10.3 Å². The SMILES string of the molecule is Cc1ccc(C#Cc2cncc([C@H]3NC(=O)O[C@@H]3c3cc(F)ccc3F)c2)cc1. The first-order valence-electron chi connectivity index (χ1n) is 8.95. The first kappa shape index (κ1) is 18.6. The molecule has 1 aromatic heterocycles. The molecule has 1 amide bonds. The number of nitrogens with zero attached hydrogens (tertiary/aromatic N) is 1. The summed E-state index contributed by atoms with van der Waals surface area (Å²) in [5.41, 5.74) is 3.18. The number of alkyl carbamates (subject to hydrolysis) is 1. The van der Waals surface area contributed by atoms with Crippen LogP contribution in [0.5, 0.6) is 0 Å². The quantitative estimate of drug-likeness (QED) is 0.651. The molecule has 1 N–H and O–H groups in total. The number of amides is 1. The maximum atomic E-state index is 14.2. The minimum atomic E-state index is -1.01. The van der Waals surface area contributed by atoms with Gasteiger partial charge in [0.1, 0.15) is 17.7 Å². The van der Waals surface area contributed by atoms with Crippen molar-refractivity contribution in [3.8, 4) is 11.8 Å². The first-order valence-corrected chi connectivity index (χ1v) is 8.95. The van der Waals surface area contributed by atoms with Gasteiger partial charge in [-0.3, -0.25) is 4.98 Å². The molecule has 4 rings (SSSR count). The third kappa shape index (κ3) is 4.09. The Balaban J connectivity index is 1.65. The highest BCUT2D eigenvalue weighted by Crippen LogP contribution is 2.37. The van der Waals surface area contributed by atoms with E-state index in [1.807, 2.05) is 31.2 Å². The Hall–Kier alpha value is -3.72. The number of ether oxygens (including phenoxy) is 1. The summed E-state index contributed by atoms with van der Waals surface area (Å²) >= 11 is 0. The molecular weight excluding hydrogens is 374 g/mol. The fourth-order valence-corrected chi connectivity index (χ4v) is 3.13. The Labute approximate surface area is 166 Å². The van der Waals surface area contributed by atoms with Gasteiger partial charge in [-0.2, -0.15) is 0 Å². The predicted molar refractivity (Wildman–Crippen MR) is 103 cm³/mol. The molecule has 0 spiro atoms. The Morgan fingerprint density at radius 2 is 1.76 bits per heavy atom. The third-order valence-corrected chi connectivity index (χ3v) is 4.60. The highest BCUT2D eigenvalue weighted by atomic mass is 19.1. The molecule has 2 atom stereocenters. The molecule has 1 aliphatic heterocycles. The van der Waals surface area contributed by atoms with Gasteiger partial charge < -0.3 is 10.1 Å². The number of halogens is 2. The summed E-state index contributed by atoms with van der Waals surface area (Å²) in [5.74, 6) is 4.82. The smallest absolute Gasteiger partial charge is 0.408 e. The molecule has 2 aromatic carbocycles. The fraction of sp³-hybridized carbons (Fsp3) is 0.130. The third-order valence-electron chi connectivity index (χ3n) is 4.60. The molecule has 29 heavy (non-hydrogen) atoms. The van der Waals surface area contributed by atoms with E-state index in [1.54, 1.807) is 18.5 Å². The zero-order valence-electron chi connectivity index (χ0n) is 15.4. The normalized spacial score (nSPS) is 17.8. The number of aromatic nitrogens is 1. The first-order chi connectivity index (χ1) is 14.0. The van der Waals surface area contributed by atoms with Crippen LogP contribution in [0.15, 0.2) is 60.9 Å².